The smallest absolute Gasteiger partial charge is 0.418 e. The minimum Gasteiger partial charge on any atom is -0.418 e. The second-order valence-electron chi connectivity index (χ2n) is 0.495. The molecule has 0 saturated heterocycles. The number of rotatable bonds is 0. The maximum atomic E-state index is 9.75. The molecule has 0 aliphatic heterocycles. The van der Waals surface area contributed by atoms with E-state index in [2.05, 4.69) is 0 Å². The molecule has 0 spiro atoms. The molecule has 0 bridgehead atoms. The van der Waals surface area contributed by atoms with Crippen molar-refractivity contribution in [3.05, 3.63) is 0 Å². The van der Waals surface area contributed by atoms with Gasteiger partial charge in [0.2, 0.25) is 0 Å². The molecule has 0 radical (unpaired) electrons. The number of halogens is 4. The molecule has 0 aromatic carbocycles. The average molecular weight is 200 g/mol. The van der Waals surface area contributed by atoms with Gasteiger partial charge in [0.15, 0.2) is 0 Å². The quantitative estimate of drug-likeness (QED) is 0.409. The van der Waals surface area contributed by atoms with Gasteiger partial charge in [0.1, 0.15) is 0 Å². The molecule has 0 fully saturated rings. The Morgan fingerprint density at radius 3 is 1.00 bits per heavy atom. The summed E-state index contributed by atoms with van der Waals surface area (Å²) in [6.45, 7) is 0. The Labute approximate surface area is 53.7 Å². The molecular formula is HBCdF4+2. The Balaban J connectivity index is -0.0000000800. The summed E-state index contributed by atoms with van der Waals surface area (Å²) in [4.78, 5) is 0. The summed E-state index contributed by atoms with van der Waals surface area (Å²) in [5.74, 6) is 0. The summed E-state index contributed by atoms with van der Waals surface area (Å²) in [6.07, 6.45) is 0. The third-order valence-corrected chi connectivity index (χ3v) is 0. The van der Waals surface area contributed by atoms with Crippen LogP contribution in [0.1, 0.15) is 1.43 Å². The normalized spacial score (nSPS) is 10.0. The number of hydrogen-bond donors (Lipinski definition) is 0. The van der Waals surface area contributed by atoms with E-state index in [-0.39, 0.29) is 28.7 Å². The zero-order valence-corrected chi connectivity index (χ0v) is 6.83. The summed E-state index contributed by atoms with van der Waals surface area (Å²) >= 11 is 0. The van der Waals surface area contributed by atoms with Gasteiger partial charge in [0.05, 0.1) is 0 Å². The Morgan fingerprint density at radius 1 is 1.00 bits per heavy atom. The fourth-order valence-electron chi connectivity index (χ4n) is 0. The van der Waals surface area contributed by atoms with Crippen molar-refractivity contribution in [2.75, 3.05) is 0 Å². The van der Waals surface area contributed by atoms with E-state index < -0.39 is 7.25 Å². The molecule has 6 heavy (non-hydrogen) atoms. The predicted octanol–water partition coefficient (Wildman–Crippen LogP) is 1.41. The van der Waals surface area contributed by atoms with Crippen molar-refractivity contribution in [3.63, 3.8) is 0 Å². The van der Waals surface area contributed by atoms with E-state index in [1.807, 2.05) is 0 Å². The van der Waals surface area contributed by atoms with Gasteiger partial charge in [0.25, 0.3) is 0 Å². The maximum absolute atomic E-state index is 9.75. The molecule has 0 N–H and O–H groups in total. The van der Waals surface area contributed by atoms with E-state index in [4.69, 9.17) is 0 Å². The topological polar surface area (TPSA) is 0 Å². The summed E-state index contributed by atoms with van der Waals surface area (Å²) in [7, 11) is -6.00. The van der Waals surface area contributed by atoms with Crippen molar-refractivity contribution < 1.29 is 46.0 Å². The summed E-state index contributed by atoms with van der Waals surface area (Å²) < 4.78 is 39.0. The van der Waals surface area contributed by atoms with Gasteiger partial charge in [-0.05, 0) is 0 Å². The van der Waals surface area contributed by atoms with Crippen molar-refractivity contribution in [1.82, 2.24) is 0 Å². The van der Waals surface area contributed by atoms with Crippen LogP contribution < -0.4 is 0 Å². The van der Waals surface area contributed by atoms with Crippen LogP contribution >= 0.6 is 0 Å². The van der Waals surface area contributed by atoms with Crippen molar-refractivity contribution >= 4 is 7.25 Å². The molecular weight excluding hydrogens is 199 g/mol. The first-order chi connectivity index (χ1) is 2.00. The van der Waals surface area contributed by atoms with Crippen LogP contribution in [0.3, 0.4) is 0 Å². The minimum atomic E-state index is -6.00. The molecule has 0 rings (SSSR count). The second-order valence-corrected chi connectivity index (χ2v) is 0.495. The van der Waals surface area contributed by atoms with Gasteiger partial charge in [-0.15, -0.1) is 0 Å². The van der Waals surface area contributed by atoms with Crippen molar-refractivity contribution in [3.8, 4) is 0 Å². The monoisotopic (exact) mass is 202 g/mol. The first-order valence-electron chi connectivity index (χ1n) is 0.873. The number of hydrogen-bond acceptors (Lipinski definition) is 0. The van der Waals surface area contributed by atoms with E-state index in [9.17, 15) is 17.3 Å². The van der Waals surface area contributed by atoms with Crippen LogP contribution in [-0.2, 0) is 27.3 Å². The largest absolute Gasteiger partial charge is 2.00 e. The van der Waals surface area contributed by atoms with E-state index in [1.165, 1.54) is 0 Å². The average Bonchev–Trinajstić information content (AvgIpc) is 0.722. The molecule has 0 aliphatic carbocycles. The van der Waals surface area contributed by atoms with Crippen molar-refractivity contribution in [2.45, 2.75) is 0 Å². The van der Waals surface area contributed by atoms with Crippen LogP contribution in [0.4, 0.5) is 17.3 Å². The minimum absolute atomic E-state index is 0. The van der Waals surface area contributed by atoms with Crippen LogP contribution in [0.15, 0.2) is 0 Å². The Morgan fingerprint density at radius 2 is 1.00 bits per heavy atom. The van der Waals surface area contributed by atoms with Crippen LogP contribution in [0, 0.1) is 0 Å². The van der Waals surface area contributed by atoms with Crippen LogP contribution in [0.5, 0.6) is 0 Å². The van der Waals surface area contributed by atoms with Gasteiger partial charge in [0, 0.05) is 0 Å². The Bertz CT molecular complexity index is 27.2. The molecule has 0 atom stereocenters. The van der Waals surface area contributed by atoms with Crippen LogP contribution in [0.25, 0.3) is 0 Å². The molecule has 0 saturated carbocycles. The standard InChI is InChI=1S/BF4.Cd/c2-1(3,4)5;/q-1;+2/p+1. The van der Waals surface area contributed by atoms with E-state index in [0.717, 1.165) is 0 Å². The second kappa shape index (κ2) is 2.81. The molecule has 0 unspecified atom stereocenters. The Hall–Kier alpha value is 0.707. The zero-order valence-electron chi connectivity index (χ0n) is 3.80. The fourth-order valence-corrected chi connectivity index (χ4v) is 0. The molecule has 0 amide bonds. The van der Waals surface area contributed by atoms with Gasteiger partial charge in [-0.2, -0.15) is 0 Å². The van der Waals surface area contributed by atoms with Crippen LogP contribution in [0.2, 0.25) is 0 Å². The molecule has 0 nitrogen and oxygen atoms in total. The zero-order chi connectivity index (χ0) is 4.50. The first kappa shape index (κ1) is 9.86. The molecule has 0 aromatic heterocycles. The Kier molecular flexibility index (Phi) is 4.62. The maximum Gasteiger partial charge on any atom is 2.00 e. The van der Waals surface area contributed by atoms with Gasteiger partial charge in [-0.3, -0.25) is 0 Å². The molecule has 6 heteroatoms. The predicted molar refractivity (Wildman–Crippen MR) is 11.3 cm³/mol. The summed E-state index contributed by atoms with van der Waals surface area (Å²) in [5.41, 5.74) is 0. The third kappa shape index (κ3) is 129. The van der Waals surface area contributed by atoms with Crippen LogP contribution in [-0.4, -0.2) is 7.25 Å². The van der Waals surface area contributed by atoms with Crippen molar-refractivity contribution in [1.29, 1.82) is 0 Å². The molecule has 0 aliphatic rings. The van der Waals surface area contributed by atoms with Gasteiger partial charge in [-0.1, -0.05) is 0 Å². The molecule has 0 aromatic rings. The van der Waals surface area contributed by atoms with E-state index in [0.29, 0.717) is 0 Å². The van der Waals surface area contributed by atoms with E-state index in [1.54, 1.807) is 0 Å². The molecule has 32 valence electrons. The van der Waals surface area contributed by atoms with E-state index >= 15 is 0 Å². The first-order valence-corrected chi connectivity index (χ1v) is 0.873. The van der Waals surface area contributed by atoms with Crippen molar-refractivity contribution in [2.24, 2.45) is 0 Å². The van der Waals surface area contributed by atoms with Gasteiger partial charge in [-0.25, -0.2) is 0 Å². The van der Waals surface area contributed by atoms with Gasteiger partial charge >= 0.3 is 36.0 Å². The van der Waals surface area contributed by atoms with Gasteiger partial charge < -0.3 is 17.3 Å². The third-order valence-electron chi connectivity index (χ3n) is 0. The summed E-state index contributed by atoms with van der Waals surface area (Å²) in [5, 5.41) is 0. The summed E-state index contributed by atoms with van der Waals surface area (Å²) in [6, 6.07) is 0. The fraction of sp³-hybridized carbons (Fsp3) is 0. The SMILES string of the molecule is F[B-](F)(F)F.[Cd+2].[H+]. The molecule has 0 heterocycles.